The van der Waals surface area contributed by atoms with Crippen molar-refractivity contribution in [2.45, 2.75) is 6.04 Å². The van der Waals surface area contributed by atoms with Crippen molar-refractivity contribution in [1.82, 2.24) is 10.3 Å². The van der Waals surface area contributed by atoms with Gasteiger partial charge in [-0.3, -0.25) is 9.59 Å². The highest BCUT2D eigenvalue weighted by atomic mass is 16.4. The van der Waals surface area contributed by atoms with Crippen LogP contribution in [0.25, 0.3) is 0 Å². The molecule has 0 aromatic carbocycles. The average Bonchev–Trinajstić information content (AvgIpc) is 2.25. The predicted octanol–water partition coefficient (Wildman–Crippen LogP) is -1.45. The van der Waals surface area contributed by atoms with Crippen LogP contribution in [0, 0.1) is 0 Å². The Bertz CT molecular complexity index is 453. The number of carbonyl (C=O) groups excluding carboxylic acids is 1. The van der Waals surface area contributed by atoms with E-state index in [4.69, 9.17) is 10.2 Å². The standard InChI is InChI=1S/C9H10N2O5/c12-4-6(9(15)16)11-8(14)5-1-2-10-7(13)3-5/h1-3,6,12H,4H2,(H,10,13)(H,11,14)(H,15,16)/t6-/m1/s1. The summed E-state index contributed by atoms with van der Waals surface area (Å²) in [5, 5.41) is 19.3. The summed E-state index contributed by atoms with van der Waals surface area (Å²) < 4.78 is 0. The topological polar surface area (TPSA) is 119 Å². The van der Waals surface area contributed by atoms with Crippen LogP contribution in [0.15, 0.2) is 23.1 Å². The van der Waals surface area contributed by atoms with E-state index in [-0.39, 0.29) is 5.56 Å². The second-order valence-corrected chi connectivity index (χ2v) is 2.99. The summed E-state index contributed by atoms with van der Waals surface area (Å²) in [6.45, 7) is -0.718. The summed E-state index contributed by atoms with van der Waals surface area (Å²) in [5.74, 6) is -2.08. The van der Waals surface area contributed by atoms with E-state index in [2.05, 4.69) is 10.3 Å². The number of carboxylic acid groups (broad SMARTS) is 1. The molecule has 0 fully saturated rings. The maximum absolute atomic E-state index is 11.4. The maximum Gasteiger partial charge on any atom is 0.328 e. The van der Waals surface area contributed by atoms with Gasteiger partial charge in [-0.25, -0.2) is 4.79 Å². The molecule has 0 aliphatic rings. The van der Waals surface area contributed by atoms with E-state index in [1.807, 2.05) is 0 Å². The van der Waals surface area contributed by atoms with E-state index in [0.29, 0.717) is 0 Å². The minimum absolute atomic E-state index is 0.0310. The smallest absolute Gasteiger partial charge is 0.328 e. The lowest BCUT2D eigenvalue weighted by Gasteiger charge is -2.10. The number of hydrogen-bond acceptors (Lipinski definition) is 4. The number of amides is 1. The number of nitrogens with one attached hydrogen (secondary N) is 2. The number of aromatic amines is 1. The normalized spacial score (nSPS) is 11.8. The van der Waals surface area contributed by atoms with Crippen LogP contribution in [0.1, 0.15) is 10.4 Å². The van der Waals surface area contributed by atoms with Crippen LogP contribution < -0.4 is 10.9 Å². The molecule has 0 unspecified atom stereocenters. The fourth-order valence-electron chi connectivity index (χ4n) is 1.01. The number of rotatable bonds is 4. The number of aliphatic carboxylic acids is 1. The molecule has 0 saturated heterocycles. The zero-order valence-electron chi connectivity index (χ0n) is 8.14. The van der Waals surface area contributed by atoms with Crippen LogP contribution in [0.4, 0.5) is 0 Å². The van der Waals surface area contributed by atoms with Crippen LogP contribution in [-0.2, 0) is 4.79 Å². The molecule has 86 valence electrons. The summed E-state index contributed by atoms with van der Waals surface area (Å²) in [5.41, 5.74) is -0.438. The number of carbonyl (C=O) groups is 2. The van der Waals surface area contributed by atoms with E-state index in [1.165, 1.54) is 12.3 Å². The molecule has 0 radical (unpaired) electrons. The molecule has 0 saturated carbocycles. The summed E-state index contributed by atoms with van der Waals surface area (Å²) in [6.07, 6.45) is 1.27. The number of H-pyrrole nitrogens is 1. The third-order valence-electron chi connectivity index (χ3n) is 1.82. The highest BCUT2D eigenvalue weighted by Gasteiger charge is 2.19. The minimum Gasteiger partial charge on any atom is -0.480 e. The summed E-state index contributed by atoms with van der Waals surface area (Å²) in [4.78, 5) is 35.2. The van der Waals surface area contributed by atoms with Crippen LogP contribution in [0.3, 0.4) is 0 Å². The van der Waals surface area contributed by atoms with Crippen LogP contribution >= 0.6 is 0 Å². The van der Waals surface area contributed by atoms with Crippen molar-refractivity contribution < 1.29 is 19.8 Å². The van der Waals surface area contributed by atoms with Gasteiger partial charge in [-0.1, -0.05) is 0 Å². The Balaban J connectivity index is 2.79. The third kappa shape index (κ3) is 2.92. The fraction of sp³-hybridized carbons (Fsp3) is 0.222. The quantitative estimate of drug-likeness (QED) is 0.500. The first-order chi connectivity index (χ1) is 7.54. The zero-order valence-corrected chi connectivity index (χ0v) is 8.14. The highest BCUT2D eigenvalue weighted by molar-refractivity contribution is 5.96. The van der Waals surface area contributed by atoms with Crippen molar-refractivity contribution in [2.24, 2.45) is 0 Å². The molecule has 1 atom stereocenters. The van der Waals surface area contributed by atoms with E-state index in [9.17, 15) is 14.4 Å². The lowest BCUT2D eigenvalue weighted by Crippen LogP contribution is -2.43. The molecule has 16 heavy (non-hydrogen) atoms. The molecule has 4 N–H and O–H groups in total. The average molecular weight is 226 g/mol. The van der Waals surface area contributed by atoms with Gasteiger partial charge < -0.3 is 20.5 Å². The molecule has 0 spiro atoms. The molecule has 1 heterocycles. The number of pyridine rings is 1. The van der Waals surface area contributed by atoms with Crippen molar-refractivity contribution in [3.63, 3.8) is 0 Å². The van der Waals surface area contributed by atoms with Gasteiger partial charge in [-0.2, -0.15) is 0 Å². The summed E-state index contributed by atoms with van der Waals surface area (Å²) >= 11 is 0. The summed E-state index contributed by atoms with van der Waals surface area (Å²) in [7, 11) is 0. The zero-order chi connectivity index (χ0) is 12.1. The molecule has 7 heteroatoms. The fourth-order valence-corrected chi connectivity index (χ4v) is 1.01. The largest absolute Gasteiger partial charge is 0.480 e. The van der Waals surface area contributed by atoms with E-state index < -0.39 is 30.1 Å². The van der Waals surface area contributed by atoms with Crippen LogP contribution in [-0.4, -0.2) is 39.7 Å². The lowest BCUT2D eigenvalue weighted by molar-refractivity contribution is -0.140. The molecule has 1 rings (SSSR count). The first-order valence-electron chi connectivity index (χ1n) is 4.38. The molecule has 1 aromatic heterocycles. The van der Waals surface area contributed by atoms with Gasteiger partial charge in [0.05, 0.1) is 6.61 Å². The Hall–Kier alpha value is -2.15. The van der Waals surface area contributed by atoms with Gasteiger partial charge in [-0.05, 0) is 6.07 Å². The number of aromatic nitrogens is 1. The first-order valence-corrected chi connectivity index (χ1v) is 4.38. The van der Waals surface area contributed by atoms with E-state index in [0.717, 1.165) is 6.07 Å². The Morgan fingerprint density at radius 3 is 2.69 bits per heavy atom. The van der Waals surface area contributed by atoms with Gasteiger partial charge in [-0.15, -0.1) is 0 Å². The Kier molecular flexibility index (Phi) is 3.78. The minimum atomic E-state index is -1.38. The van der Waals surface area contributed by atoms with Gasteiger partial charge in [0, 0.05) is 17.8 Å². The monoisotopic (exact) mass is 226 g/mol. The maximum atomic E-state index is 11.4. The van der Waals surface area contributed by atoms with Gasteiger partial charge in [0.25, 0.3) is 5.91 Å². The molecular weight excluding hydrogens is 216 g/mol. The van der Waals surface area contributed by atoms with Crippen molar-refractivity contribution in [3.05, 3.63) is 34.2 Å². The van der Waals surface area contributed by atoms with Gasteiger partial charge in [0.15, 0.2) is 6.04 Å². The lowest BCUT2D eigenvalue weighted by atomic mass is 10.2. The van der Waals surface area contributed by atoms with Crippen molar-refractivity contribution in [3.8, 4) is 0 Å². The predicted molar refractivity (Wildman–Crippen MR) is 53.0 cm³/mol. The highest BCUT2D eigenvalue weighted by Crippen LogP contribution is 1.94. The van der Waals surface area contributed by atoms with Crippen molar-refractivity contribution >= 4 is 11.9 Å². The molecular formula is C9H10N2O5. The number of hydrogen-bond donors (Lipinski definition) is 4. The van der Waals surface area contributed by atoms with Crippen molar-refractivity contribution in [2.75, 3.05) is 6.61 Å². The molecule has 0 aliphatic heterocycles. The van der Waals surface area contributed by atoms with Crippen LogP contribution in [0.5, 0.6) is 0 Å². The van der Waals surface area contributed by atoms with E-state index >= 15 is 0 Å². The van der Waals surface area contributed by atoms with Gasteiger partial charge in [0.1, 0.15) is 0 Å². The molecule has 7 nitrogen and oxygen atoms in total. The van der Waals surface area contributed by atoms with Gasteiger partial charge >= 0.3 is 5.97 Å². The SMILES string of the molecule is O=C(N[C@H](CO)C(=O)O)c1cc[nH]c(=O)c1. The number of aliphatic hydroxyl groups is 1. The molecule has 0 aliphatic carbocycles. The second-order valence-electron chi connectivity index (χ2n) is 2.99. The first kappa shape index (κ1) is 11.9. The van der Waals surface area contributed by atoms with E-state index in [1.54, 1.807) is 0 Å². The Labute approximate surface area is 89.7 Å². The molecule has 1 aromatic rings. The number of aliphatic hydroxyl groups excluding tert-OH is 1. The van der Waals surface area contributed by atoms with Crippen LogP contribution in [0.2, 0.25) is 0 Å². The second kappa shape index (κ2) is 5.08. The number of carboxylic acids is 1. The Morgan fingerprint density at radius 1 is 1.50 bits per heavy atom. The van der Waals surface area contributed by atoms with Crippen molar-refractivity contribution in [1.29, 1.82) is 0 Å². The Morgan fingerprint density at radius 2 is 2.19 bits per heavy atom. The third-order valence-corrected chi connectivity index (χ3v) is 1.82. The summed E-state index contributed by atoms with van der Waals surface area (Å²) in [6, 6.07) is 0.977. The molecule has 1 amide bonds. The molecule has 0 bridgehead atoms. The van der Waals surface area contributed by atoms with Gasteiger partial charge in [0.2, 0.25) is 5.56 Å².